The summed E-state index contributed by atoms with van der Waals surface area (Å²) >= 11 is 7.33. The van der Waals surface area contributed by atoms with Crippen molar-refractivity contribution in [3.05, 3.63) is 83.9 Å². The standard InChI is InChI=1S/C51H75FO3S3/c1-5-40(3)17-15-13-11-9-7-8-10-12-14-16-36-55-47-29-21-44(22-30-47)39-58(53,54)38-43-19-25-45(26-20-43)46-27-34-50(35-28-46)57-49-32-23-42(24-33-49)37-48(56)31-18-41(4)51(52)6-2/h19-20,23-28,32-35,40-41,44,47,51H,5-18,21-22,29-31,36-39H2,1-4H3. The minimum absolute atomic E-state index is 0.0516. The minimum atomic E-state index is -3.19. The highest BCUT2D eigenvalue weighted by Crippen LogP contribution is 2.32. The Morgan fingerprint density at radius 3 is 1.79 bits per heavy atom. The molecule has 1 saturated carbocycles. The molecular weight excluding hydrogens is 776 g/mol. The number of halogens is 1. The molecule has 4 rings (SSSR count). The van der Waals surface area contributed by atoms with Crippen LogP contribution in [0.5, 0.6) is 0 Å². The highest BCUT2D eigenvalue weighted by atomic mass is 32.2. The van der Waals surface area contributed by atoms with Crippen molar-refractivity contribution in [1.82, 2.24) is 0 Å². The summed E-state index contributed by atoms with van der Waals surface area (Å²) in [6.45, 7) is 9.39. The first kappa shape index (κ1) is 48.6. The molecule has 3 unspecified atom stereocenters. The van der Waals surface area contributed by atoms with E-state index in [1.165, 1.54) is 81.1 Å². The summed E-state index contributed by atoms with van der Waals surface area (Å²) in [6, 6.07) is 25.1. The van der Waals surface area contributed by atoms with Gasteiger partial charge in [0.2, 0.25) is 0 Å². The van der Waals surface area contributed by atoms with Gasteiger partial charge in [0.15, 0.2) is 9.84 Å². The molecule has 0 bridgehead atoms. The van der Waals surface area contributed by atoms with Crippen molar-refractivity contribution in [2.75, 3.05) is 12.4 Å². The Morgan fingerprint density at radius 1 is 0.707 bits per heavy atom. The average molecular weight is 851 g/mol. The van der Waals surface area contributed by atoms with Crippen molar-refractivity contribution in [2.45, 2.75) is 184 Å². The Bertz CT molecular complexity index is 1670. The van der Waals surface area contributed by atoms with Gasteiger partial charge in [-0.05, 0) is 121 Å². The Labute approximate surface area is 363 Å². The molecule has 322 valence electrons. The Morgan fingerprint density at radius 2 is 1.22 bits per heavy atom. The molecule has 58 heavy (non-hydrogen) atoms. The van der Waals surface area contributed by atoms with Crippen molar-refractivity contribution in [3.8, 4) is 11.1 Å². The molecule has 0 spiro atoms. The predicted molar refractivity (Wildman–Crippen MR) is 252 cm³/mol. The zero-order chi connectivity index (χ0) is 41.6. The smallest absolute Gasteiger partial charge is 0.154 e. The lowest BCUT2D eigenvalue weighted by atomic mass is 9.89. The van der Waals surface area contributed by atoms with Crippen molar-refractivity contribution < 1.29 is 17.5 Å². The molecule has 0 amide bonds. The molecule has 3 nitrogen and oxygen atoms in total. The van der Waals surface area contributed by atoms with E-state index >= 15 is 0 Å². The Hall–Kier alpha value is -2.06. The third-order valence-corrected chi connectivity index (χ3v) is 15.5. The second-order valence-electron chi connectivity index (χ2n) is 17.5. The van der Waals surface area contributed by atoms with Gasteiger partial charge in [-0.3, -0.25) is 0 Å². The fraction of sp³-hybridized carbons (Fsp3) is 0.627. The molecule has 7 heteroatoms. The van der Waals surface area contributed by atoms with Gasteiger partial charge in [0.25, 0.3) is 0 Å². The number of benzene rings is 3. The summed E-state index contributed by atoms with van der Waals surface area (Å²) < 4.78 is 46.5. The fourth-order valence-electron chi connectivity index (χ4n) is 8.21. The zero-order valence-corrected chi connectivity index (χ0v) is 38.9. The maximum Gasteiger partial charge on any atom is 0.154 e. The molecular formula is C51H75FO3S3. The van der Waals surface area contributed by atoms with E-state index in [2.05, 4.69) is 62.4 Å². The van der Waals surface area contributed by atoms with Crippen LogP contribution in [0.25, 0.3) is 11.1 Å². The summed E-state index contributed by atoms with van der Waals surface area (Å²) in [4.78, 5) is 3.32. The molecule has 0 radical (unpaired) electrons. The Kier molecular flexibility index (Phi) is 22.6. The molecule has 0 saturated heterocycles. The second kappa shape index (κ2) is 27.0. The van der Waals surface area contributed by atoms with Crippen LogP contribution in [0.1, 0.15) is 161 Å². The van der Waals surface area contributed by atoms with Gasteiger partial charge in [0, 0.05) is 22.8 Å². The highest BCUT2D eigenvalue weighted by Gasteiger charge is 2.26. The summed E-state index contributed by atoms with van der Waals surface area (Å²) in [5.74, 6) is 1.55. The molecule has 1 aliphatic carbocycles. The van der Waals surface area contributed by atoms with E-state index in [0.717, 1.165) is 90.3 Å². The van der Waals surface area contributed by atoms with Crippen molar-refractivity contribution in [1.29, 1.82) is 0 Å². The van der Waals surface area contributed by atoms with Crippen LogP contribution in [-0.2, 0) is 26.7 Å². The van der Waals surface area contributed by atoms with Gasteiger partial charge in [-0.2, -0.15) is 0 Å². The molecule has 3 atom stereocenters. The van der Waals surface area contributed by atoms with Crippen LogP contribution in [0.3, 0.4) is 0 Å². The summed E-state index contributed by atoms with van der Waals surface area (Å²) in [5, 5.41) is 0. The quantitative estimate of drug-likeness (QED) is 0.0514. The van der Waals surface area contributed by atoms with Crippen molar-refractivity contribution in [2.24, 2.45) is 17.8 Å². The lowest BCUT2D eigenvalue weighted by Crippen LogP contribution is -2.27. The van der Waals surface area contributed by atoms with Gasteiger partial charge in [0.05, 0.1) is 17.6 Å². The largest absolute Gasteiger partial charge is 0.378 e. The fourth-order valence-corrected chi connectivity index (χ4v) is 11.2. The summed E-state index contributed by atoms with van der Waals surface area (Å²) in [7, 11) is -3.19. The van der Waals surface area contributed by atoms with E-state index in [9.17, 15) is 12.8 Å². The van der Waals surface area contributed by atoms with Gasteiger partial charge in [-0.25, -0.2) is 12.8 Å². The van der Waals surface area contributed by atoms with E-state index in [-0.39, 0.29) is 23.3 Å². The highest BCUT2D eigenvalue weighted by molar-refractivity contribution is 7.99. The topological polar surface area (TPSA) is 43.4 Å². The lowest BCUT2D eigenvalue weighted by Gasteiger charge is -2.28. The van der Waals surface area contributed by atoms with E-state index in [1.54, 1.807) is 11.8 Å². The SMILES string of the molecule is CCC(C)CCCCCCCCCCCCOC1CCC(CS(=O)(=O)Cc2ccc(-c3ccc(Sc4ccc(CC(=S)CCC(C)C(F)CC)cc4)cc3)cc2)CC1. The van der Waals surface area contributed by atoms with Crippen LogP contribution in [0.2, 0.25) is 0 Å². The van der Waals surface area contributed by atoms with Crippen molar-refractivity contribution in [3.63, 3.8) is 0 Å². The number of unbranched alkanes of at least 4 members (excludes halogenated alkanes) is 9. The molecule has 0 heterocycles. The monoisotopic (exact) mass is 850 g/mol. The molecule has 0 N–H and O–H groups in total. The van der Waals surface area contributed by atoms with Gasteiger partial charge in [-0.1, -0.05) is 171 Å². The average Bonchev–Trinajstić information content (AvgIpc) is 3.22. The first-order chi connectivity index (χ1) is 28.0. The predicted octanol–water partition coefficient (Wildman–Crippen LogP) is 15.4. The normalized spacial score (nSPS) is 17.5. The van der Waals surface area contributed by atoms with Crippen LogP contribution in [0, 0.1) is 17.8 Å². The first-order valence-electron chi connectivity index (χ1n) is 23.0. The number of rotatable bonds is 29. The van der Waals surface area contributed by atoms with Crippen molar-refractivity contribution >= 4 is 38.7 Å². The van der Waals surface area contributed by atoms with Crippen LogP contribution < -0.4 is 0 Å². The third-order valence-electron chi connectivity index (χ3n) is 12.4. The minimum Gasteiger partial charge on any atom is -0.378 e. The Balaban J connectivity index is 1.07. The lowest BCUT2D eigenvalue weighted by molar-refractivity contribution is 0.0181. The van der Waals surface area contributed by atoms with Crippen LogP contribution in [0.15, 0.2) is 82.6 Å². The number of hydrogen-bond donors (Lipinski definition) is 0. The van der Waals surface area contributed by atoms with E-state index in [1.807, 2.05) is 38.1 Å². The van der Waals surface area contributed by atoms with E-state index < -0.39 is 16.0 Å². The maximum atomic E-state index is 13.9. The number of alkyl halides is 1. The number of sulfone groups is 1. The number of thiocarbonyl (C=S) groups is 1. The summed E-state index contributed by atoms with van der Waals surface area (Å²) in [5.41, 5.74) is 4.23. The zero-order valence-electron chi connectivity index (χ0n) is 36.4. The molecule has 0 aromatic heterocycles. The molecule has 1 aliphatic rings. The molecule has 3 aromatic carbocycles. The van der Waals surface area contributed by atoms with Crippen LogP contribution in [-0.4, -0.2) is 37.9 Å². The first-order valence-corrected chi connectivity index (χ1v) is 26.0. The van der Waals surface area contributed by atoms with Gasteiger partial charge < -0.3 is 4.74 Å². The molecule has 3 aromatic rings. The maximum absolute atomic E-state index is 13.9. The van der Waals surface area contributed by atoms with E-state index in [4.69, 9.17) is 17.0 Å². The van der Waals surface area contributed by atoms with Gasteiger partial charge in [0.1, 0.15) is 6.17 Å². The van der Waals surface area contributed by atoms with E-state index in [0.29, 0.717) is 12.5 Å². The third kappa shape index (κ3) is 19.1. The van der Waals surface area contributed by atoms with Crippen LogP contribution >= 0.6 is 24.0 Å². The van der Waals surface area contributed by atoms with Gasteiger partial charge >= 0.3 is 0 Å². The molecule has 1 fully saturated rings. The number of ether oxygens (including phenoxy) is 1. The second-order valence-corrected chi connectivity index (χ2v) is 21.4. The molecule has 0 aliphatic heterocycles. The van der Waals surface area contributed by atoms with Crippen LogP contribution in [0.4, 0.5) is 4.39 Å². The summed E-state index contributed by atoms with van der Waals surface area (Å²) in [6.07, 6.45) is 22.5. The number of hydrogen-bond acceptors (Lipinski definition) is 5. The van der Waals surface area contributed by atoms with Gasteiger partial charge in [-0.15, -0.1) is 0 Å².